The molecule has 35 heavy (non-hydrogen) atoms. The van der Waals surface area contributed by atoms with Gasteiger partial charge in [0.15, 0.2) is 5.75 Å². The monoisotopic (exact) mass is 472 g/mol. The van der Waals surface area contributed by atoms with Crippen LogP contribution in [0.2, 0.25) is 0 Å². The third-order valence-electron chi connectivity index (χ3n) is 7.24. The number of likely N-dealkylation sites (tertiary alicyclic amines) is 1. The van der Waals surface area contributed by atoms with Gasteiger partial charge in [0.2, 0.25) is 0 Å². The predicted octanol–water partition coefficient (Wildman–Crippen LogP) is 4.86. The maximum Gasteiger partial charge on any atom is 0.256 e. The van der Waals surface area contributed by atoms with Crippen molar-refractivity contribution in [2.45, 2.75) is 46.1 Å². The molecule has 4 heterocycles. The predicted molar refractivity (Wildman–Crippen MR) is 131 cm³/mol. The molecule has 0 bridgehead atoms. The summed E-state index contributed by atoms with van der Waals surface area (Å²) in [5, 5.41) is 8.17. The van der Waals surface area contributed by atoms with Crippen LogP contribution in [0.25, 0.3) is 16.5 Å². The van der Waals surface area contributed by atoms with Gasteiger partial charge in [0.25, 0.3) is 11.8 Å². The summed E-state index contributed by atoms with van der Waals surface area (Å²) in [5.74, 6) is 2.29. The zero-order valence-electron chi connectivity index (χ0n) is 20.1. The Morgan fingerprint density at radius 1 is 1.20 bits per heavy atom. The second-order valence-corrected chi connectivity index (χ2v) is 9.74. The van der Waals surface area contributed by atoms with E-state index in [0.717, 1.165) is 29.4 Å². The van der Waals surface area contributed by atoms with Gasteiger partial charge in [-0.3, -0.25) is 9.59 Å². The van der Waals surface area contributed by atoms with Crippen LogP contribution in [0.5, 0.6) is 11.5 Å². The molecule has 1 saturated carbocycles. The van der Waals surface area contributed by atoms with Crippen molar-refractivity contribution in [3.8, 4) is 11.5 Å². The van der Waals surface area contributed by atoms with Crippen LogP contribution in [-0.2, 0) is 0 Å². The molecule has 3 aromatic heterocycles. The van der Waals surface area contributed by atoms with E-state index in [-0.39, 0.29) is 17.9 Å². The van der Waals surface area contributed by atoms with Gasteiger partial charge >= 0.3 is 0 Å². The first-order valence-electron chi connectivity index (χ1n) is 12.2. The summed E-state index contributed by atoms with van der Waals surface area (Å²) in [6.07, 6.45) is 6.82. The fourth-order valence-electron chi connectivity index (χ4n) is 4.81. The molecule has 0 radical (unpaired) electrons. The maximum atomic E-state index is 13.0. The lowest BCUT2D eigenvalue weighted by Gasteiger charge is -2.38. The third kappa shape index (κ3) is 3.73. The van der Waals surface area contributed by atoms with E-state index in [4.69, 9.17) is 9.15 Å². The van der Waals surface area contributed by atoms with Crippen molar-refractivity contribution < 1.29 is 18.7 Å². The first kappa shape index (κ1) is 21.7. The number of rotatable bonds is 6. The van der Waals surface area contributed by atoms with Gasteiger partial charge < -0.3 is 19.4 Å². The molecule has 1 atom stereocenters. The van der Waals surface area contributed by atoms with Crippen molar-refractivity contribution in [3.63, 3.8) is 0 Å². The van der Waals surface area contributed by atoms with E-state index in [1.807, 2.05) is 24.0 Å². The number of nitrogens with zero attached hydrogens (tertiary/aromatic N) is 3. The minimum absolute atomic E-state index is 0.0256. The van der Waals surface area contributed by atoms with Crippen LogP contribution in [0.1, 0.15) is 58.2 Å². The number of benzene rings is 1. The third-order valence-corrected chi connectivity index (χ3v) is 7.24. The Balaban J connectivity index is 1.30. The van der Waals surface area contributed by atoms with Gasteiger partial charge in [-0.25, -0.2) is 4.52 Å². The van der Waals surface area contributed by atoms with E-state index in [2.05, 4.69) is 17.3 Å². The lowest BCUT2D eigenvalue weighted by Crippen LogP contribution is -2.49. The standard InChI is InChI=1S/C27H28N4O4/c1-15-9-11-30(15)27(33)21-14-31-25(16(21)2)22(8-10-29-31)35-19-6-7-20-23(12-19)34-17(3)24(20)26(32)28-13-18-4-5-18/h6-8,10,12,14-15,18H,4-5,9,11,13H2,1-3H3,(H,28,32). The van der Waals surface area contributed by atoms with Crippen molar-refractivity contribution >= 4 is 28.3 Å². The molecule has 1 aliphatic carbocycles. The summed E-state index contributed by atoms with van der Waals surface area (Å²) in [4.78, 5) is 27.6. The highest BCUT2D eigenvalue weighted by Crippen LogP contribution is 2.35. The van der Waals surface area contributed by atoms with Gasteiger partial charge in [-0.2, -0.15) is 5.10 Å². The van der Waals surface area contributed by atoms with Crippen LogP contribution in [0.4, 0.5) is 0 Å². The summed E-state index contributed by atoms with van der Waals surface area (Å²) >= 11 is 0. The number of amides is 2. The first-order valence-corrected chi connectivity index (χ1v) is 12.2. The fraction of sp³-hybridized carbons (Fsp3) is 0.370. The van der Waals surface area contributed by atoms with Crippen molar-refractivity contribution in [1.82, 2.24) is 19.8 Å². The minimum atomic E-state index is -0.102. The van der Waals surface area contributed by atoms with E-state index in [9.17, 15) is 9.59 Å². The Kier molecular flexibility index (Phi) is 5.05. The molecule has 2 fully saturated rings. The lowest BCUT2D eigenvalue weighted by molar-refractivity contribution is 0.0501. The van der Waals surface area contributed by atoms with Crippen LogP contribution in [0, 0.1) is 19.8 Å². The van der Waals surface area contributed by atoms with E-state index in [0.29, 0.717) is 46.4 Å². The molecule has 1 saturated heterocycles. The van der Waals surface area contributed by atoms with Crippen LogP contribution < -0.4 is 10.1 Å². The molecule has 6 rings (SSSR count). The van der Waals surface area contributed by atoms with Crippen LogP contribution in [0.15, 0.2) is 41.1 Å². The SMILES string of the molecule is Cc1oc2cc(Oc3ccnn4cc(C(=O)N5CCC5C)c(C)c34)ccc2c1C(=O)NCC1CC1. The van der Waals surface area contributed by atoms with E-state index in [1.165, 1.54) is 12.8 Å². The molecule has 0 spiro atoms. The number of fused-ring (bicyclic) bond motifs is 2. The van der Waals surface area contributed by atoms with Gasteiger partial charge in [0.1, 0.15) is 22.6 Å². The molecule has 8 heteroatoms. The smallest absolute Gasteiger partial charge is 0.256 e. The molecule has 1 aliphatic heterocycles. The zero-order valence-corrected chi connectivity index (χ0v) is 20.1. The lowest BCUT2D eigenvalue weighted by atomic mass is 10.0. The average Bonchev–Trinajstić information content (AvgIpc) is 3.51. The van der Waals surface area contributed by atoms with Gasteiger partial charge in [-0.1, -0.05) is 0 Å². The second-order valence-electron chi connectivity index (χ2n) is 9.74. The number of nitrogens with one attached hydrogen (secondary N) is 1. The number of hydrogen-bond donors (Lipinski definition) is 1. The second kappa shape index (κ2) is 8.15. The molecule has 1 aromatic carbocycles. The quantitative estimate of drug-likeness (QED) is 0.433. The zero-order chi connectivity index (χ0) is 24.3. The summed E-state index contributed by atoms with van der Waals surface area (Å²) < 4.78 is 13.9. The Morgan fingerprint density at radius 3 is 2.74 bits per heavy atom. The van der Waals surface area contributed by atoms with Crippen LogP contribution >= 0.6 is 0 Å². The highest BCUT2D eigenvalue weighted by molar-refractivity contribution is 6.07. The minimum Gasteiger partial charge on any atom is -0.460 e. The number of hydrogen-bond acceptors (Lipinski definition) is 5. The number of ether oxygens (including phenoxy) is 1. The molecule has 2 amide bonds. The highest BCUT2D eigenvalue weighted by atomic mass is 16.5. The van der Waals surface area contributed by atoms with Gasteiger partial charge in [0.05, 0.1) is 17.3 Å². The Bertz CT molecular complexity index is 1480. The number of carbonyl (C=O) groups is 2. The molecule has 180 valence electrons. The summed E-state index contributed by atoms with van der Waals surface area (Å²) in [6.45, 7) is 7.29. The molecule has 8 nitrogen and oxygen atoms in total. The molecule has 4 aromatic rings. The van der Waals surface area contributed by atoms with Crippen molar-refractivity contribution in [3.05, 3.63) is 59.1 Å². The van der Waals surface area contributed by atoms with Crippen LogP contribution in [0.3, 0.4) is 0 Å². The summed E-state index contributed by atoms with van der Waals surface area (Å²) in [5.41, 5.74) is 3.39. The molecule has 1 unspecified atom stereocenters. The van der Waals surface area contributed by atoms with Crippen molar-refractivity contribution in [1.29, 1.82) is 0 Å². The number of furan rings is 1. The fourth-order valence-corrected chi connectivity index (χ4v) is 4.81. The van der Waals surface area contributed by atoms with Crippen molar-refractivity contribution in [2.24, 2.45) is 5.92 Å². The van der Waals surface area contributed by atoms with Gasteiger partial charge in [-0.05, 0) is 63.6 Å². The highest BCUT2D eigenvalue weighted by Gasteiger charge is 2.31. The largest absolute Gasteiger partial charge is 0.460 e. The topological polar surface area (TPSA) is 89.1 Å². The van der Waals surface area contributed by atoms with E-state index in [1.54, 1.807) is 36.0 Å². The van der Waals surface area contributed by atoms with E-state index < -0.39 is 0 Å². The average molecular weight is 473 g/mol. The first-order chi connectivity index (χ1) is 16.9. The molecule has 2 aliphatic rings. The van der Waals surface area contributed by atoms with Gasteiger partial charge in [-0.15, -0.1) is 0 Å². The molecular weight excluding hydrogens is 444 g/mol. The molecule has 1 N–H and O–H groups in total. The van der Waals surface area contributed by atoms with Crippen LogP contribution in [-0.4, -0.2) is 45.5 Å². The Labute approximate surface area is 202 Å². The van der Waals surface area contributed by atoms with Crippen molar-refractivity contribution in [2.75, 3.05) is 13.1 Å². The Morgan fingerprint density at radius 2 is 2.03 bits per heavy atom. The summed E-state index contributed by atoms with van der Waals surface area (Å²) in [7, 11) is 0. The Hall–Kier alpha value is -3.81. The van der Waals surface area contributed by atoms with E-state index >= 15 is 0 Å². The maximum absolute atomic E-state index is 13.0. The number of aromatic nitrogens is 2. The number of carbonyl (C=O) groups excluding carboxylic acids is 2. The molecular formula is C27H28N4O4. The summed E-state index contributed by atoms with van der Waals surface area (Å²) in [6, 6.07) is 7.53. The normalized spacial score (nSPS) is 17.6. The van der Waals surface area contributed by atoms with Gasteiger partial charge in [0, 0.05) is 42.8 Å². The number of aryl methyl sites for hydroxylation is 2.